The van der Waals surface area contributed by atoms with Gasteiger partial charge in [-0.25, -0.2) is 9.98 Å². The second-order valence-corrected chi connectivity index (χ2v) is 6.03. The first-order valence-electron chi connectivity index (χ1n) is 7.64. The fourth-order valence-electron chi connectivity index (χ4n) is 3.44. The maximum Gasteiger partial charge on any atom is 0.282 e. The van der Waals surface area contributed by atoms with Gasteiger partial charge in [0.15, 0.2) is 0 Å². The molecule has 0 amide bonds. The number of amidine groups is 1. The summed E-state index contributed by atoms with van der Waals surface area (Å²) in [5.41, 5.74) is 10.0. The van der Waals surface area contributed by atoms with E-state index in [2.05, 4.69) is 33.2 Å². The van der Waals surface area contributed by atoms with Crippen LogP contribution in [-0.2, 0) is 17.6 Å². The lowest BCUT2D eigenvalue weighted by Gasteiger charge is -2.31. The maximum atomic E-state index is 5.71. The Morgan fingerprint density at radius 3 is 3.00 bits per heavy atom. The summed E-state index contributed by atoms with van der Waals surface area (Å²) in [5.74, 6) is 0.522. The van der Waals surface area contributed by atoms with Crippen LogP contribution in [0.15, 0.2) is 35.6 Å². The summed E-state index contributed by atoms with van der Waals surface area (Å²) in [5, 5.41) is 0. The van der Waals surface area contributed by atoms with Gasteiger partial charge in [0.25, 0.3) is 6.02 Å². The standard InChI is InChI=1S/C17H18N4O2/c1-22-15-9-19-8-14(20-15)13-4-2-3-11-7-17(6-5-12(11)13)10-23-16(18)21-17/h2-4,8-9H,5-7,10H2,1H3,(H2,18,21)/t17-/m0/s1. The Hall–Kier alpha value is -2.63. The number of aliphatic imine (C=N–C) groups is 1. The minimum absolute atomic E-state index is 0.199. The molecule has 118 valence electrons. The molecule has 1 aliphatic heterocycles. The molecule has 1 aliphatic carbocycles. The number of benzene rings is 1. The van der Waals surface area contributed by atoms with Crippen molar-refractivity contribution in [3.63, 3.8) is 0 Å². The third-order valence-corrected chi connectivity index (χ3v) is 4.57. The summed E-state index contributed by atoms with van der Waals surface area (Å²) in [6.45, 7) is 0.571. The highest BCUT2D eigenvalue weighted by Crippen LogP contribution is 2.38. The summed E-state index contributed by atoms with van der Waals surface area (Å²) in [4.78, 5) is 13.3. The van der Waals surface area contributed by atoms with Crippen molar-refractivity contribution in [2.24, 2.45) is 10.7 Å². The highest BCUT2D eigenvalue weighted by molar-refractivity contribution is 5.74. The Bertz CT molecular complexity index is 790. The molecule has 0 radical (unpaired) electrons. The molecule has 0 saturated heterocycles. The van der Waals surface area contributed by atoms with E-state index in [1.807, 2.05) is 0 Å². The van der Waals surface area contributed by atoms with E-state index in [9.17, 15) is 0 Å². The molecule has 1 aromatic carbocycles. The van der Waals surface area contributed by atoms with Crippen molar-refractivity contribution in [1.29, 1.82) is 0 Å². The van der Waals surface area contributed by atoms with Gasteiger partial charge in [0, 0.05) is 12.0 Å². The molecule has 4 rings (SSSR count). The SMILES string of the molecule is COc1cncc(-c2cccc3c2CC[C@@]2(COC(N)=N2)C3)n1. The molecule has 0 unspecified atom stereocenters. The Balaban J connectivity index is 1.74. The van der Waals surface area contributed by atoms with Gasteiger partial charge in [-0.15, -0.1) is 0 Å². The van der Waals surface area contributed by atoms with Crippen LogP contribution in [-0.4, -0.2) is 35.2 Å². The molecule has 23 heavy (non-hydrogen) atoms. The first-order chi connectivity index (χ1) is 11.2. The van der Waals surface area contributed by atoms with Crippen molar-refractivity contribution in [2.75, 3.05) is 13.7 Å². The normalized spacial score (nSPS) is 22.4. The smallest absolute Gasteiger partial charge is 0.282 e. The molecule has 2 aliphatic rings. The lowest BCUT2D eigenvalue weighted by atomic mass is 9.77. The van der Waals surface area contributed by atoms with Crippen molar-refractivity contribution in [2.45, 2.75) is 24.8 Å². The summed E-state index contributed by atoms with van der Waals surface area (Å²) in [6, 6.07) is 6.60. The van der Waals surface area contributed by atoms with Gasteiger partial charge in [-0.2, -0.15) is 0 Å². The Labute approximate surface area is 134 Å². The monoisotopic (exact) mass is 310 g/mol. The molecule has 0 saturated carbocycles. The minimum Gasteiger partial charge on any atom is -0.480 e. The second kappa shape index (κ2) is 5.22. The van der Waals surface area contributed by atoms with Crippen LogP contribution in [0, 0.1) is 0 Å². The van der Waals surface area contributed by atoms with Gasteiger partial charge in [0.1, 0.15) is 12.1 Å². The van der Waals surface area contributed by atoms with Crippen molar-refractivity contribution in [3.8, 4) is 17.1 Å². The first kappa shape index (κ1) is 14.0. The highest BCUT2D eigenvalue weighted by atomic mass is 16.5. The average molecular weight is 310 g/mol. The Kier molecular flexibility index (Phi) is 3.18. The molecular formula is C17H18N4O2. The molecule has 6 nitrogen and oxygen atoms in total. The molecule has 1 spiro atoms. The molecule has 1 atom stereocenters. The molecule has 1 aromatic heterocycles. The van der Waals surface area contributed by atoms with Crippen LogP contribution in [0.25, 0.3) is 11.3 Å². The number of hydrogen-bond acceptors (Lipinski definition) is 6. The summed E-state index contributed by atoms with van der Waals surface area (Å²) in [6.07, 6.45) is 6.08. The Morgan fingerprint density at radius 1 is 1.30 bits per heavy atom. The van der Waals surface area contributed by atoms with Gasteiger partial charge in [0.05, 0.1) is 25.2 Å². The summed E-state index contributed by atoms with van der Waals surface area (Å²) >= 11 is 0. The number of aromatic nitrogens is 2. The van der Waals surface area contributed by atoms with Gasteiger partial charge < -0.3 is 15.2 Å². The summed E-state index contributed by atoms with van der Waals surface area (Å²) in [7, 11) is 1.60. The Morgan fingerprint density at radius 2 is 2.22 bits per heavy atom. The summed E-state index contributed by atoms with van der Waals surface area (Å²) < 4.78 is 10.6. The van der Waals surface area contributed by atoms with Gasteiger partial charge in [-0.3, -0.25) is 4.98 Å². The van der Waals surface area contributed by atoms with E-state index < -0.39 is 0 Å². The van der Waals surface area contributed by atoms with E-state index in [0.29, 0.717) is 18.5 Å². The van der Waals surface area contributed by atoms with Crippen LogP contribution in [0.5, 0.6) is 5.88 Å². The molecule has 6 heteroatoms. The third kappa shape index (κ3) is 2.40. The van der Waals surface area contributed by atoms with Crippen molar-refractivity contribution in [3.05, 3.63) is 41.7 Å². The van der Waals surface area contributed by atoms with E-state index in [0.717, 1.165) is 30.5 Å². The molecule has 0 bridgehead atoms. The maximum absolute atomic E-state index is 5.71. The number of ether oxygens (including phenoxy) is 2. The zero-order chi connectivity index (χ0) is 15.9. The second-order valence-electron chi connectivity index (χ2n) is 6.03. The first-order valence-corrected chi connectivity index (χ1v) is 7.64. The zero-order valence-corrected chi connectivity index (χ0v) is 13.0. The number of nitrogens with zero attached hydrogens (tertiary/aromatic N) is 3. The quantitative estimate of drug-likeness (QED) is 0.913. The number of nitrogens with two attached hydrogens (primary N) is 1. The van der Waals surface area contributed by atoms with Crippen molar-refractivity contribution < 1.29 is 9.47 Å². The van der Waals surface area contributed by atoms with E-state index in [1.165, 1.54) is 11.1 Å². The fraction of sp³-hybridized carbons (Fsp3) is 0.353. The lowest BCUT2D eigenvalue weighted by molar-refractivity contribution is 0.235. The molecule has 2 heterocycles. The molecule has 0 fully saturated rings. The van der Waals surface area contributed by atoms with E-state index in [4.69, 9.17) is 15.2 Å². The van der Waals surface area contributed by atoms with Crippen molar-refractivity contribution in [1.82, 2.24) is 9.97 Å². The fourth-order valence-corrected chi connectivity index (χ4v) is 3.44. The zero-order valence-electron chi connectivity index (χ0n) is 13.0. The number of rotatable bonds is 2. The van der Waals surface area contributed by atoms with Gasteiger partial charge in [-0.1, -0.05) is 18.2 Å². The number of hydrogen-bond donors (Lipinski definition) is 1. The van der Waals surface area contributed by atoms with Gasteiger partial charge >= 0.3 is 0 Å². The topological polar surface area (TPSA) is 82.6 Å². The highest BCUT2D eigenvalue weighted by Gasteiger charge is 2.39. The lowest BCUT2D eigenvalue weighted by Crippen LogP contribution is -2.35. The van der Waals surface area contributed by atoms with Crippen LogP contribution in [0.2, 0.25) is 0 Å². The van der Waals surface area contributed by atoms with Gasteiger partial charge in [-0.05, 0) is 24.0 Å². The van der Waals surface area contributed by atoms with E-state index >= 15 is 0 Å². The van der Waals surface area contributed by atoms with Crippen LogP contribution < -0.4 is 10.5 Å². The van der Waals surface area contributed by atoms with Crippen LogP contribution in [0.4, 0.5) is 0 Å². The predicted molar refractivity (Wildman–Crippen MR) is 86.4 cm³/mol. The number of fused-ring (bicyclic) bond motifs is 1. The number of methoxy groups -OCH3 is 1. The van der Waals surface area contributed by atoms with Crippen LogP contribution >= 0.6 is 0 Å². The van der Waals surface area contributed by atoms with E-state index in [1.54, 1.807) is 19.5 Å². The predicted octanol–water partition coefficient (Wildman–Crippen LogP) is 1.72. The van der Waals surface area contributed by atoms with Crippen LogP contribution in [0.3, 0.4) is 0 Å². The average Bonchev–Trinajstić information content (AvgIpc) is 2.94. The van der Waals surface area contributed by atoms with Crippen LogP contribution in [0.1, 0.15) is 17.5 Å². The molecule has 2 N–H and O–H groups in total. The van der Waals surface area contributed by atoms with E-state index in [-0.39, 0.29) is 5.54 Å². The third-order valence-electron chi connectivity index (χ3n) is 4.57. The van der Waals surface area contributed by atoms with Crippen molar-refractivity contribution >= 4 is 6.02 Å². The molecule has 2 aromatic rings. The largest absolute Gasteiger partial charge is 0.480 e. The van der Waals surface area contributed by atoms with Gasteiger partial charge in [0.2, 0.25) is 5.88 Å². The minimum atomic E-state index is -0.199. The molecular weight excluding hydrogens is 292 g/mol.